The van der Waals surface area contributed by atoms with Crippen LogP contribution in [-0.2, 0) is 30.9 Å². The van der Waals surface area contributed by atoms with Gasteiger partial charge in [-0.2, -0.15) is 4.72 Å². The van der Waals surface area contributed by atoms with Crippen LogP contribution in [0.1, 0.15) is 23.6 Å². The van der Waals surface area contributed by atoms with Crippen molar-refractivity contribution in [3.63, 3.8) is 0 Å². The van der Waals surface area contributed by atoms with Crippen LogP contribution >= 0.6 is 23.2 Å². The van der Waals surface area contributed by atoms with E-state index in [4.69, 9.17) is 27.9 Å². The van der Waals surface area contributed by atoms with Crippen molar-refractivity contribution in [2.75, 3.05) is 13.7 Å². The normalized spacial score (nSPS) is 12.3. The van der Waals surface area contributed by atoms with Gasteiger partial charge < -0.3 is 9.64 Å². The molecule has 10 heteroatoms. The molecule has 2 aromatic rings. The molecule has 0 aliphatic heterocycles. The molecule has 2 aromatic carbocycles. The number of halogens is 2. The van der Waals surface area contributed by atoms with Crippen LogP contribution in [0.4, 0.5) is 0 Å². The number of ether oxygens (including phenoxy) is 1. The molecule has 0 radical (unpaired) electrons. The minimum atomic E-state index is -4.04. The fourth-order valence-corrected chi connectivity index (χ4v) is 4.31. The molecule has 0 spiro atoms. The molecule has 0 aromatic heterocycles. The first kappa shape index (κ1) is 25.1. The molecular formula is C21H24Cl2N2O5S. The average molecular weight is 487 g/mol. The molecule has 1 atom stereocenters. The van der Waals surface area contributed by atoms with E-state index >= 15 is 0 Å². The van der Waals surface area contributed by atoms with Gasteiger partial charge in [-0.1, -0.05) is 47.0 Å². The van der Waals surface area contributed by atoms with Crippen molar-refractivity contribution in [3.05, 3.63) is 63.1 Å². The van der Waals surface area contributed by atoms with Gasteiger partial charge in [0, 0.05) is 13.6 Å². The summed E-state index contributed by atoms with van der Waals surface area (Å²) >= 11 is 11.6. The molecule has 0 heterocycles. The Morgan fingerprint density at radius 1 is 1.10 bits per heavy atom. The van der Waals surface area contributed by atoms with Gasteiger partial charge in [0.1, 0.15) is 6.04 Å². The Morgan fingerprint density at radius 2 is 1.77 bits per heavy atom. The molecule has 1 amide bonds. The highest BCUT2D eigenvalue weighted by Crippen LogP contribution is 2.24. The quantitative estimate of drug-likeness (QED) is 0.576. The van der Waals surface area contributed by atoms with Crippen molar-refractivity contribution in [2.24, 2.45) is 0 Å². The highest BCUT2D eigenvalue weighted by molar-refractivity contribution is 7.89. The summed E-state index contributed by atoms with van der Waals surface area (Å²) in [6.07, 6.45) is 0. The number of hydrogen-bond donors (Lipinski definition) is 1. The van der Waals surface area contributed by atoms with Gasteiger partial charge in [-0.25, -0.2) is 8.42 Å². The molecule has 0 aliphatic rings. The first-order valence-electron chi connectivity index (χ1n) is 9.35. The van der Waals surface area contributed by atoms with Crippen molar-refractivity contribution in [2.45, 2.75) is 38.3 Å². The summed E-state index contributed by atoms with van der Waals surface area (Å²) in [5.74, 6) is -1.29. The number of rotatable bonds is 8. The first-order valence-corrected chi connectivity index (χ1v) is 11.6. The van der Waals surface area contributed by atoms with E-state index in [2.05, 4.69) is 4.72 Å². The first-order chi connectivity index (χ1) is 14.4. The lowest BCUT2D eigenvalue weighted by Gasteiger charge is -2.19. The van der Waals surface area contributed by atoms with E-state index in [-0.39, 0.29) is 14.9 Å². The Balaban J connectivity index is 1.91. The zero-order valence-electron chi connectivity index (χ0n) is 17.6. The lowest BCUT2D eigenvalue weighted by atomic mass is 10.1. The number of nitrogens with one attached hydrogen (secondary N) is 1. The number of carbonyl (C=O) groups is 2. The van der Waals surface area contributed by atoms with Gasteiger partial charge in [-0.15, -0.1) is 0 Å². The van der Waals surface area contributed by atoms with Gasteiger partial charge in [0.25, 0.3) is 5.91 Å². The lowest BCUT2D eigenvalue weighted by Crippen LogP contribution is -2.41. The van der Waals surface area contributed by atoms with Crippen molar-refractivity contribution < 1.29 is 22.7 Å². The minimum Gasteiger partial charge on any atom is -0.454 e. The summed E-state index contributed by atoms with van der Waals surface area (Å²) in [5.41, 5.74) is 3.17. The van der Waals surface area contributed by atoms with Crippen molar-refractivity contribution in [3.8, 4) is 0 Å². The number of esters is 1. The zero-order chi connectivity index (χ0) is 23.3. The van der Waals surface area contributed by atoms with Crippen LogP contribution in [0.15, 0.2) is 41.3 Å². The fourth-order valence-electron chi connectivity index (χ4n) is 2.73. The number of benzene rings is 2. The van der Waals surface area contributed by atoms with Crippen molar-refractivity contribution in [1.82, 2.24) is 9.62 Å². The van der Waals surface area contributed by atoms with Crippen molar-refractivity contribution in [1.29, 1.82) is 0 Å². The standard InChI is InChI=1S/C21H24Cl2N2O5S/c1-13-5-6-16(14(2)9-13)11-25(4)20(26)12-30-21(27)15(3)24-31(28,29)17-7-8-18(22)19(23)10-17/h5-10,15,24H,11-12H2,1-4H3/t15-/m0/s1. The van der Waals surface area contributed by atoms with E-state index < -0.39 is 34.5 Å². The Bertz CT molecular complexity index is 1090. The maximum Gasteiger partial charge on any atom is 0.324 e. The third-order valence-electron chi connectivity index (χ3n) is 4.56. The lowest BCUT2D eigenvalue weighted by molar-refractivity contribution is -0.152. The highest BCUT2D eigenvalue weighted by atomic mass is 35.5. The second-order valence-electron chi connectivity index (χ2n) is 7.21. The molecule has 0 unspecified atom stereocenters. The summed E-state index contributed by atoms with van der Waals surface area (Å²) in [6, 6.07) is 8.50. The van der Waals surface area contributed by atoms with Gasteiger partial charge in [0.2, 0.25) is 10.0 Å². The van der Waals surface area contributed by atoms with Crippen molar-refractivity contribution >= 4 is 45.1 Å². The van der Waals surface area contributed by atoms with Crippen LogP contribution in [0, 0.1) is 13.8 Å². The predicted octanol–water partition coefficient (Wildman–Crippen LogP) is 3.48. The third-order valence-corrected chi connectivity index (χ3v) is 6.83. The van der Waals surface area contributed by atoms with Gasteiger partial charge in [0.05, 0.1) is 14.9 Å². The maximum atomic E-state index is 12.4. The summed E-state index contributed by atoms with van der Waals surface area (Å²) in [5, 5.41) is 0.272. The SMILES string of the molecule is Cc1ccc(CN(C)C(=O)COC(=O)[C@H](C)NS(=O)(=O)c2ccc(Cl)c(Cl)c2)c(C)c1. The third kappa shape index (κ3) is 6.93. The van der Waals surface area contributed by atoms with E-state index in [1.54, 1.807) is 7.05 Å². The van der Waals surface area contributed by atoms with E-state index in [1.807, 2.05) is 32.0 Å². The largest absolute Gasteiger partial charge is 0.454 e. The second kappa shape index (κ2) is 10.5. The zero-order valence-corrected chi connectivity index (χ0v) is 19.9. The van der Waals surface area contributed by atoms with Crippen LogP contribution in [0.2, 0.25) is 10.0 Å². The number of carbonyl (C=O) groups excluding carboxylic acids is 2. The molecule has 0 fully saturated rings. The van der Waals surface area contributed by atoms with Gasteiger partial charge in [-0.3, -0.25) is 9.59 Å². The summed E-state index contributed by atoms with van der Waals surface area (Å²) < 4.78 is 32.0. The maximum absolute atomic E-state index is 12.4. The average Bonchev–Trinajstić information content (AvgIpc) is 2.69. The Kier molecular flexibility index (Phi) is 8.48. The van der Waals surface area contributed by atoms with Crippen LogP contribution in [0.3, 0.4) is 0 Å². The number of hydrogen-bond acceptors (Lipinski definition) is 5. The van der Waals surface area contributed by atoms with Crippen LogP contribution < -0.4 is 4.72 Å². The number of sulfonamides is 1. The molecule has 0 aliphatic carbocycles. The summed E-state index contributed by atoms with van der Waals surface area (Å²) in [4.78, 5) is 25.8. The van der Waals surface area contributed by atoms with Gasteiger partial charge in [0.15, 0.2) is 6.61 Å². The summed E-state index contributed by atoms with van der Waals surface area (Å²) in [7, 11) is -2.43. The topological polar surface area (TPSA) is 92.8 Å². The summed E-state index contributed by atoms with van der Waals surface area (Å²) in [6.45, 7) is 5.13. The number of amides is 1. The number of aryl methyl sites for hydroxylation is 2. The minimum absolute atomic E-state index is 0.0669. The smallest absolute Gasteiger partial charge is 0.324 e. The molecule has 7 nitrogen and oxygen atoms in total. The predicted molar refractivity (Wildman–Crippen MR) is 120 cm³/mol. The Morgan fingerprint density at radius 3 is 2.39 bits per heavy atom. The van der Waals surface area contributed by atoms with Gasteiger partial charge >= 0.3 is 5.97 Å². The molecule has 2 rings (SSSR count). The molecular weight excluding hydrogens is 463 g/mol. The Labute approximate surface area is 192 Å². The second-order valence-corrected chi connectivity index (χ2v) is 9.73. The Hall–Kier alpha value is -2.13. The molecule has 31 heavy (non-hydrogen) atoms. The molecule has 0 saturated carbocycles. The van der Waals surface area contributed by atoms with Crippen LogP contribution in [-0.4, -0.2) is 44.9 Å². The molecule has 0 bridgehead atoms. The van der Waals surface area contributed by atoms with E-state index in [9.17, 15) is 18.0 Å². The fraction of sp³-hybridized carbons (Fsp3) is 0.333. The van der Waals surface area contributed by atoms with E-state index in [1.165, 1.54) is 30.0 Å². The molecule has 0 saturated heterocycles. The molecule has 1 N–H and O–H groups in total. The number of nitrogens with zero attached hydrogens (tertiary/aromatic N) is 1. The van der Waals surface area contributed by atoms with Crippen LogP contribution in [0.5, 0.6) is 0 Å². The monoisotopic (exact) mass is 486 g/mol. The number of likely N-dealkylation sites (N-methyl/N-ethyl adjacent to an activating group) is 1. The highest BCUT2D eigenvalue weighted by Gasteiger charge is 2.24. The van der Waals surface area contributed by atoms with Gasteiger partial charge in [-0.05, 0) is 50.1 Å². The molecule has 168 valence electrons. The van der Waals surface area contributed by atoms with E-state index in [0.717, 1.165) is 16.7 Å². The van der Waals surface area contributed by atoms with Crippen LogP contribution in [0.25, 0.3) is 0 Å². The van der Waals surface area contributed by atoms with E-state index in [0.29, 0.717) is 6.54 Å².